The molecule has 3 aromatic rings. The summed E-state index contributed by atoms with van der Waals surface area (Å²) in [6, 6.07) is 13.0. The first-order chi connectivity index (χ1) is 12.8. The largest absolute Gasteiger partial charge is 0.451 e. The molecule has 0 spiro atoms. The Balaban J connectivity index is 1.84. The summed E-state index contributed by atoms with van der Waals surface area (Å²) in [5, 5.41) is 0.666. The first-order valence-electron chi connectivity index (χ1n) is 8.62. The number of sulfone groups is 1. The van der Waals surface area contributed by atoms with Crippen LogP contribution in [-0.4, -0.2) is 27.1 Å². The molecule has 2 heterocycles. The van der Waals surface area contributed by atoms with E-state index in [2.05, 4.69) is 15.9 Å². The maximum atomic E-state index is 13.3. The molecule has 7 heteroatoms. The van der Waals surface area contributed by atoms with Gasteiger partial charge in [-0.1, -0.05) is 34.1 Å². The summed E-state index contributed by atoms with van der Waals surface area (Å²) in [6.45, 7) is 0.572. The van der Waals surface area contributed by atoms with Crippen LogP contribution in [0.15, 0.2) is 51.4 Å². The van der Waals surface area contributed by atoms with Crippen LogP contribution in [-0.2, 0) is 22.0 Å². The molecule has 0 saturated carbocycles. The number of halogens is 1. The van der Waals surface area contributed by atoms with Gasteiger partial charge in [-0.15, -0.1) is 0 Å². The van der Waals surface area contributed by atoms with Gasteiger partial charge in [-0.3, -0.25) is 4.79 Å². The predicted molar refractivity (Wildman–Crippen MR) is 109 cm³/mol. The average molecular weight is 448 g/mol. The van der Waals surface area contributed by atoms with Gasteiger partial charge in [0.1, 0.15) is 5.58 Å². The maximum absolute atomic E-state index is 13.3. The third kappa shape index (κ3) is 3.53. The van der Waals surface area contributed by atoms with Gasteiger partial charge in [0, 0.05) is 33.9 Å². The number of para-hydroxylation sites is 1. The van der Waals surface area contributed by atoms with Crippen molar-refractivity contribution in [2.45, 2.75) is 18.6 Å². The standard InChI is InChI=1S/C20H18BrNO4S/c1-27(24,25)12-16-15-6-2-3-7-18(15)26-19(16)20(23)22-10-4-5-13-11-14(21)8-9-17(13)22/h2-3,6-9,11H,4-5,10,12H2,1H3. The monoisotopic (exact) mass is 447 g/mol. The van der Waals surface area contributed by atoms with E-state index in [0.717, 1.165) is 34.8 Å². The number of rotatable bonds is 3. The van der Waals surface area contributed by atoms with Gasteiger partial charge in [0.25, 0.3) is 5.91 Å². The maximum Gasteiger partial charge on any atom is 0.294 e. The first-order valence-corrected chi connectivity index (χ1v) is 11.5. The summed E-state index contributed by atoms with van der Waals surface area (Å²) in [4.78, 5) is 15.0. The number of fused-ring (bicyclic) bond motifs is 2. The molecule has 2 aromatic carbocycles. The lowest BCUT2D eigenvalue weighted by molar-refractivity contribution is 0.0959. The van der Waals surface area contributed by atoms with Crippen molar-refractivity contribution in [3.05, 3.63) is 63.8 Å². The van der Waals surface area contributed by atoms with E-state index in [1.165, 1.54) is 0 Å². The molecule has 0 saturated heterocycles. The molecule has 27 heavy (non-hydrogen) atoms. The zero-order chi connectivity index (χ0) is 19.2. The molecule has 1 amide bonds. The normalized spacial score (nSPS) is 14.4. The van der Waals surface area contributed by atoms with E-state index in [1.54, 1.807) is 23.1 Å². The van der Waals surface area contributed by atoms with Gasteiger partial charge in [0.15, 0.2) is 15.6 Å². The number of hydrogen-bond acceptors (Lipinski definition) is 4. The van der Waals surface area contributed by atoms with Gasteiger partial charge >= 0.3 is 0 Å². The van der Waals surface area contributed by atoms with Gasteiger partial charge in [-0.05, 0) is 42.7 Å². The number of hydrogen-bond donors (Lipinski definition) is 0. The molecule has 5 nitrogen and oxygen atoms in total. The minimum atomic E-state index is -3.33. The topological polar surface area (TPSA) is 67.6 Å². The fourth-order valence-corrected chi connectivity index (χ4v) is 4.80. The van der Waals surface area contributed by atoms with E-state index in [9.17, 15) is 13.2 Å². The third-order valence-electron chi connectivity index (χ3n) is 4.70. The Bertz CT molecular complexity index is 1150. The molecule has 0 fully saturated rings. The Morgan fingerprint density at radius 3 is 2.78 bits per heavy atom. The van der Waals surface area contributed by atoms with Gasteiger partial charge in [-0.25, -0.2) is 8.42 Å². The molecule has 1 aliphatic rings. The summed E-state index contributed by atoms with van der Waals surface area (Å²) in [5.41, 5.74) is 2.89. The highest BCUT2D eigenvalue weighted by Crippen LogP contribution is 2.34. The number of nitrogens with zero attached hydrogens (tertiary/aromatic N) is 1. The van der Waals surface area contributed by atoms with Crippen molar-refractivity contribution in [2.75, 3.05) is 17.7 Å². The molecule has 0 unspecified atom stereocenters. The molecule has 0 aliphatic carbocycles. The SMILES string of the molecule is CS(=O)(=O)Cc1c(C(=O)N2CCCc3cc(Br)ccc32)oc2ccccc12. The second-order valence-electron chi connectivity index (χ2n) is 6.81. The molecule has 1 aromatic heterocycles. The number of carbonyl (C=O) groups is 1. The van der Waals surface area contributed by atoms with Gasteiger partial charge in [-0.2, -0.15) is 0 Å². The number of aryl methyl sites for hydroxylation is 1. The van der Waals surface area contributed by atoms with Crippen LogP contribution in [0.3, 0.4) is 0 Å². The minimum absolute atomic E-state index is 0.109. The van der Waals surface area contributed by atoms with Gasteiger partial charge < -0.3 is 9.32 Å². The summed E-state index contributed by atoms with van der Waals surface area (Å²) in [7, 11) is -3.33. The van der Waals surface area contributed by atoms with Crippen molar-refractivity contribution in [3.8, 4) is 0 Å². The second-order valence-corrected chi connectivity index (χ2v) is 9.87. The molecule has 0 radical (unpaired) electrons. The van der Waals surface area contributed by atoms with Crippen molar-refractivity contribution in [3.63, 3.8) is 0 Å². The number of amides is 1. The Hall–Kier alpha value is -2.12. The summed E-state index contributed by atoms with van der Waals surface area (Å²) in [5.74, 6) is -0.419. The van der Waals surface area contributed by atoms with Crippen molar-refractivity contribution in [2.24, 2.45) is 0 Å². The number of furan rings is 1. The molecule has 0 atom stereocenters. The zero-order valence-electron chi connectivity index (χ0n) is 14.7. The highest BCUT2D eigenvalue weighted by molar-refractivity contribution is 9.10. The van der Waals surface area contributed by atoms with Crippen LogP contribution < -0.4 is 4.90 Å². The van der Waals surface area contributed by atoms with E-state index < -0.39 is 9.84 Å². The Morgan fingerprint density at radius 1 is 1.22 bits per heavy atom. The lowest BCUT2D eigenvalue weighted by atomic mass is 10.0. The molecule has 140 valence electrons. The third-order valence-corrected chi connectivity index (χ3v) is 6.01. The summed E-state index contributed by atoms with van der Waals surface area (Å²) < 4.78 is 30.7. The van der Waals surface area contributed by atoms with E-state index in [4.69, 9.17) is 4.42 Å². The predicted octanol–water partition coefficient (Wildman–Crippen LogP) is 4.33. The first kappa shape index (κ1) is 18.3. The molecular formula is C20H18BrNO4S. The second kappa shape index (κ2) is 6.80. The van der Waals surface area contributed by atoms with Crippen molar-refractivity contribution in [1.82, 2.24) is 0 Å². The molecule has 0 bridgehead atoms. The van der Waals surface area contributed by atoms with E-state index in [1.807, 2.05) is 24.3 Å². The quantitative estimate of drug-likeness (QED) is 0.598. The highest BCUT2D eigenvalue weighted by Gasteiger charge is 2.30. The fourth-order valence-electron chi connectivity index (χ4n) is 3.58. The molecule has 4 rings (SSSR count). The number of benzene rings is 2. The van der Waals surface area contributed by atoms with Crippen LogP contribution in [0.25, 0.3) is 11.0 Å². The van der Waals surface area contributed by atoms with Crippen LogP contribution >= 0.6 is 15.9 Å². The number of carbonyl (C=O) groups excluding carboxylic acids is 1. The lowest BCUT2D eigenvalue weighted by Crippen LogP contribution is -2.35. The van der Waals surface area contributed by atoms with Crippen LogP contribution in [0.4, 0.5) is 5.69 Å². The van der Waals surface area contributed by atoms with E-state index in [-0.39, 0.29) is 17.4 Å². The smallest absolute Gasteiger partial charge is 0.294 e. The van der Waals surface area contributed by atoms with Crippen molar-refractivity contribution in [1.29, 1.82) is 0 Å². The van der Waals surface area contributed by atoms with Gasteiger partial charge in [0.2, 0.25) is 0 Å². The Morgan fingerprint density at radius 2 is 2.00 bits per heavy atom. The Kier molecular flexibility index (Phi) is 4.60. The molecule has 1 aliphatic heterocycles. The summed E-state index contributed by atoms with van der Waals surface area (Å²) >= 11 is 3.47. The van der Waals surface area contributed by atoms with Gasteiger partial charge in [0.05, 0.1) is 5.75 Å². The Labute approximate surface area is 166 Å². The average Bonchev–Trinajstić information content (AvgIpc) is 2.97. The number of anilines is 1. The van der Waals surface area contributed by atoms with Crippen molar-refractivity contribution >= 4 is 48.3 Å². The van der Waals surface area contributed by atoms with Crippen LogP contribution in [0.2, 0.25) is 0 Å². The highest BCUT2D eigenvalue weighted by atomic mass is 79.9. The minimum Gasteiger partial charge on any atom is -0.451 e. The van der Waals surface area contributed by atoms with Crippen LogP contribution in [0.1, 0.15) is 28.1 Å². The fraction of sp³-hybridized carbons (Fsp3) is 0.250. The zero-order valence-corrected chi connectivity index (χ0v) is 17.1. The van der Waals surface area contributed by atoms with Crippen LogP contribution in [0.5, 0.6) is 0 Å². The molecular weight excluding hydrogens is 430 g/mol. The van der Waals surface area contributed by atoms with E-state index in [0.29, 0.717) is 23.1 Å². The summed E-state index contributed by atoms with van der Waals surface area (Å²) in [6.07, 6.45) is 2.91. The van der Waals surface area contributed by atoms with Crippen molar-refractivity contribution < 1.29 is 17.6 Å². The lowest BCUT2D eigenvalue weighted by Gasteiger charge is -2.29. The van der Waals surface area contributed by atoms with E-state index >= 15 is 0 Å². The van der Waals surface area contributed by atoms with Crippen LogP contribution in [0, 0.1) is 0 Å². The molecule has 0 N–H and O–H groups in total.